The third-order valence-corrected chi connectivity index (χ3v) is 3.97. The lowest BCUT2D eigenvalue weighted by Crippen LogP contribution is -2.21. The summed E-state index contributed by atoms with van der Waals surface area (Å²) in [5, 5.41) is 2.93. The van der Waals surface area contributed by atoms with Crippen molar-refractivity contribution in [1.29, 1.82) is 0 Å². The Hall–Kier alpha value is -2.48. The number of ether oxygens (including phenoxy) is 2. The highest BCUT2D eigenvalue weighted by atomic mass is 32.1. The van der Waals surface area contributed by atoms with Gasteiger partial charge in [-0.15, -0.1) is 11.3 Å². The molecule has 0 bridgehead atoms. The standard InChI is InChI=1S/C15H12F2N2O3S/c1-8-13(9-2-3-10(16)11(17)6-9)18-15(23-8)19-14(20)12-7-21-4-5-22-12/h2-3,6-7H,4-5H2,1H3,(H,18,19,20). The molecule has 0 aliphatic carbocycles. The third-order valence-electron chi connectivity index (χ3n) is 3.08. The summed E-state index contributed by atoms with van der Waals surface area (Å²) in [6.07, 6.45) is 1.25. The molecule has 0 unspecified atom stereocenters. The van der Waals surface area contributed by atoms with Crippen molar-refractivity contribution in [2.45, 2.75) is 6.92 Å². The first kappa shape index (κ1) is 15.4. The number of hydrogen-bond donors (Lipinski definition) is 1. The summed E-state index contributed by atoms with van der Waals surface area (Å²) in [7, 11) is 0. The van der Waals surface area contributed by atoms with Gasteiger partial charge in [-0.2, -0.15) is 0 Å². The summed E-state index contributed by atoms with van der Waals surface area (Å²) in [6, 6.07) is 3.55. The maximum Gasteiger partial charge on any atom is 0.295 e. The first-order valence-electron chi connectivity index (χ1n) is 6.73. The molecule has 0 radical (unpaired) electrons. The van der Waals surface area contributed by atoms with Gasteiger partial charge in [0, 0.05) is 10.4 Å². The molecular weight excluding hydrogens is 326 g/mol. The number of carbonyl (C=O) groups excluding carboxylic acids is 1. The van der Waals surface area contributed by atoms with Crippen LogP contribution in [0.1, 0.15) is 4.88 Å². The van der Waals surface area contributed by atoms with E-state index in [0.717, 1.165) is 17.0 Å². The summed E-state index contributed by atoms with van der Waals surface area (Å²) in [6.45, 7) is 2.48. The fraction of sp³-hybridized carbons (Fsp3) is 0.200. The van der Waals surface area contributed by atoms with E-state index < -0.39 is 17.5 Å². The summed E-state index contributed by atoms with van der Waals surface area (Å²) < 4.78 is 36.6. The summed E-state index contributed by atoms with van der Waals surface area (Å²) >= 11 is 1.23. The number of nitrogens with zero attached hydrogens (tertiary/aromatic N) is 1. The number of anilines is 1. The molecule has 0 spiro atoms. The van der Waals surface area contributed by atoms with Crippen LogP contribution in [0.15, 0.2) is 30.2 Å². The Kier molecular flexibility index (Phi) is 4.24. The van der Waals surface area contributed by atoms with Gasteiger partial charge >= 0.3 is 0 Å². The Morgan fingerprint density at radius 3 is 2.83 bits per heavy atom. The van der Waals surface area contributed by atoms with Gasteiger partial charge in [-0.1, -0.05) is 0 Å². The smallest absolute Gasteiger partial charge is 0.295 e. The summed E-state index contributed by atoms with van der Waals surface area (Å²) in [5.74, 6) is -2.27. The van der Waals surface area contributed by atoms with Gasteiger partial charge in [0.05, 0.1) is 5.69 Å². The fourth-order valence-electron chi connectivity index (χ4n) is 2.01. The molecule has 5 nitrogen and oxygen atoms in total. The molecule has 1 N–H and O–H groups in total. The second-order valence-corrected chi connectivity index (χ2v) is 5.91. The van der Waals surface area contributed by atoms with Crippen LogP contribution >= 0.6 is 11.3 Å². The van der Waals surface area contributed by atoms with Crippen molar-refractivity contribution in [2.75, 3.05) is 18.5 Å². The topological polar surface area (TPSA) is 60.5 Å². The molecule has 8 heteroatoms. The number of thiazole rings is 1. The Morgan fingerprint density at radius 2 is 2.13 bits per heavy atom. The lowest BCUT2D eigenvalue weighted by atomic mass is 10.1. The maximum atomic E-state index is 13.3. The number of hydrogen-bond acceptors (Lipinski definition) is 5. The van der Waals surface area contributed by atoms with Crippen molar-refractivity contribution in [2.24, 2.45) is 0 Å². The monoisotopic (exact) mass is 338 g/mol. The van der Waals surface area contributed by atoms with E-state index in [0.29, 0.717) is 29.6 Å². The minimum absolute atomic E-state index is 0.0680. The Bertz CT molecular complexity index is 789. The number of nitrogens with one attached hydrogen (secondary N) is 1. The molecule has 1 aromatic heterocycles. The summed E-state index contributed by atoms with van der Waals surface area (Å²) in [5.41, 5.74) is 0.925. The molecule has 2 heterocycles. The highest BCUT2D eigenvalue weighted by molar-refractivity contribution is 7.16. The van der Waals surface area contributed by atoms with Crippen molar-refractivity contribution in [1.82, 2.24) is 4.98 Å². The predicted molar refractivity (Wildman–Crippen MR) is 80.8 cm³/mol. The number of aryl methyl sites for hydroxylation is 1. The van der Waals surface area contributed by atoms with Gasteiger partial charge in [0.15, 0.2) is 16.8 Å². The van der Waals surface area contributed by atoms with E-state index >= 15 is 0 Å². The highest BCUT2D eigenvalue weighted by Crippen LogP contribution is 2.31. The first-order valence-corrected chi connectivity index (χ1v) is 7.55. The van der Waals surface area contributed by atoms with Crippen LogP contribution in [-0.4, -0.2) is 24.1 Å². The Labute approximate surface area is 134 Å². The first-order chi connectivity index (χ1) is 11.0. The van der Waals surface area contributed by atoms with Gasteiger partial charge in [-0.3, -0.25) is 10.1 Å². The van der Waals surface area contributed by atoms with E-state index in [1.54, 1.807) is 6.92 Å². The molecule has 1 aromatic carbocycles. The molecule has 0 fully saturated rings. The normalized spacial score (nSPS) is 13.8. The van der Waals surface area contributed by atoms with Crippen molar-refractivity contribution < 1.29 is 23.0 Å². The zero-order valence-electron chi connectivity index (χ0n) is 12.1. The lowest BCUT2D eigenvalue weighted by molar-refractivity contribution is -0.117. The van der Waals surface area contributed by atoms with Gasteiger partial charge < -0.3 is 9.47 Å². The molecular formula is C15H12F2N2O3S. The molecule has 1 amide bonds. The molecule has 1 aliphatic rings. The molecule has 23 heavy (non-hydrogen) atoms. The summed E-state index contributed by atoms with van der Waals surface area (Å²) in [4.78, 5) is 17.0. The van der Waals surface area contributed by atoms with Crippen LogP contribution in [0.2, 0.25) is 0 Å². The minimum atomic E-state index is -0.946. The number of aromatic nitrogens is 1. The lowest BCUT2D eigenvalue weighted by Gasteiger charge is -2.14. The van der Waals surface area contributed by atoms with Crippen molar-refractivity contribution in [3.8, 4) is 11.3 Å². The van der Waals surface area contributed by atoms with Crippen LogP contribution in [-0.2, 0) is 14.3 Å². The van der Waals surface area contributed by atoms with Crippen LogP contribution in [0.25, 0.3) is 11.3 Å². The van der Waals surface area contributed by atoms with Gasteiger partial charge in [-0.05, 0) is 25.1 Å². The van der Waals surface area contributed by atoms with Crippen molar-refractivity contribution >= 4 is 22.4 Å². The van der Waals surface area contributed by atoms with E-state index in [9.17, 15) is 13.6 Å². The van der Waals surface area contributed by atoms with E-state index in [1.807, 2.05) is 0 Å². The molecule has 0 saturated carbocycles. The molecule has 0 atom stereocenters. The third kappa shape index (κ3) is 3.31. The van der Waals surface area contributed by atoms with Crippen LogP contribution in [0.5, 0.6) is 0 Å². The Morgan fingerprint density at radius 1 is 1.30 bits per heavy atom. The fourth-order valence-corrected chi connectivity index (χ4v) is 2.84. The molecule has 120 valence electrons. The van der Waals surface area contributed by atoms with Gasteiger partial charge in [0.25, 0.3) is 5.91 Å². The van der Waals surface area contributed by atoms with Crippen LogP contribution in [0, 0.1) is 18.6 Å². The zero-order chi connectivity index (χ0) is 16.4. The predicted octanol–water partition coefficient (Wildman–Crippen LogP) is 3.22. The number of carbonyl (C=O) groups is 1. The largest absolute Gasteiger partial charge is 0.494 e. The highest BCUT2D eigenvalue weighted by Gasteiger charge is 2.18. The van der Waals surface area contributed by atoms with Crippen molar-refractivity contribution in [3.63, 3.8) is 0 Å². The number of amides is 1. The van der Waals surface area contributed by atoms with Gasteiger partial charge in [0.2, 0.25) is 5.76 Å². The quantitative estimate of drug-likeness (QED) is 0.933. The molecule has 0 saturated heterocycles. The van der Waals surface area contributed by atoms with Crippen molar-refractivity contribution in [3.05, 3.63) is 46.7 Å². The second kappa shape index (κ2) is 6.33. The maximum absolute atomic E-state index is 13.3. The average molecular weight is 338 g/mol. The van der Waals surface area contributed by atoms with E-state index in [2.05, 4.69) is 10.3 Å². The second-order valence-electron chi connectivity index (χ2n) is 4.71. The number of halogens is 2. The minimum Gasteiger partial charge on any atom is -0.494 e. The Balaban J connectivity index is 1.81. The van der Waals surface area contributed by atoms with Gasteiger partial charge in [-0.25, -0.2) is 13.8 Å². The average Bonchev–Trinajstić information content (AvgIpc) is 2.91. The number of benzene rings is 1. The van der Waals surface area contributed by atoms with Crippen LogP contribution in [0.4, 0.5) is 13.9 Å². The van der Waals surface area contributed by atoms with E-state index in [-0.39, 0.29) is 5.76 Å². The molecule has 3 rings (SSSR count). The molecule has 2 aromatic rings. The molecule has 1 aliphatic heterocycles. The van der Waals surface area contributed by atoms with E-state index in [1.165, 1.54) is 23.7 Å². The SMILES string of the molecule is Cc1sc(NC(=O)C2=COCCO2)nc1-c1ccc(F)c(F)c1. The van der Waals surface area contributed by atoms with E-state index in [4.69, 9.17) is 9.47 Å². The van der Waals surface area contributed by atoms with Crippen LogP contribution in [0.3, 0.4) is 0 Å². The van der Waals surface area contributed by atoms with Gasteiger partial charge in [0.1, 0.15) is 19.5 Å². The zero-order valence-corrected chi connectivity index (χ0v) is 12.9. The van der Waals surface area contributed by atoms with Crippen LogP contribution < -0.4 is 5.32 Å². The number of rotatable bonds is 3.